The molecule has 0 aliphatic carbocycles. The van der Waals surface area contributed by atoms with Gasteiger partial charge in [0.15, 0.2) is 0 Å². The molecule has 0 saturated carbocycles. The van der Waals surface area contributed by atoms with Crippen LogP contribution in [0.3, 0.4) is 0 Å². The van der Waals surface area contributed by atoms with Crippen LogP contribution in [0.5, 0.6) is 0 Å². The molecule has 1 aromatic carbocycles. The van der Waals surface area contributed by atoms with Gasteiger partial charge in [0, 0.05) is 42.5 Å². The lowest BCUT2D eigenvalue weighted by molar-refractivity contribution is 0.624. The van der Waals surface area contributed by atoms with Gasteiger partial charge in [0.1, 0.15) is 5.65 Å². The molecule has 5 heteroatoms. The first-order valence-electron chi connectivity index (χ1n) is 7.13. The fourth-order valence-corrected chi connectivity index (χ4v) is 2.84. The highest BCUT2D eigenvalue weighted by Crippen LogP contribution is 2.22. The van der Waals surface area contributed by atoms with Gasteiger partial charge in [0.2, 0.25) is 0 Å². The summed E-state index contributed by atoms with van der Waals surface area (Å²) in [7, 11) is 0. The maximum absolute atomic E-state index is 12.2. The van der Waals surface area contributed by atoms with Crippen molar-refractivity contribution in [3.05, 3.63) is 57.8 Å². The maximum Gasteiger partial charge on any atom is 0.331 e. The maximum atomic E-state index is 12.2. The number of hydrogen-bond acceptors (Lipinski definition) is 3. The number of nitrogens with zero attached hydrogens (tertiary/aromatic N) is 2. The molecule has 0 bridgehead atoms. The topological polar surface area (TPSA) is 62.2 Å². The van der Waals surface area contributed by atoms with Crippen molar-refractivity contribution in [3.8, 4) is 11.3 Å². The molecule has 0 fully saturated rings. The molecule has 1 aliphatic heterocycles. The highest BCUT2D eigenvalue weighted by molar-refractivity contribution is 5.65. The zero-order valence-corrected chi connectivity index (χ0v) is 11.8. The van der Waals surface area contributed by atoms with E-state index in [9.17, 15) is 4.79 Å². The van der Waals surface area contributed by atoms with E-state index in [-0.39, 0.29) is 5.69 Å². The van der Waals surface area contributed by atoms with Gasteiger partial charge in [-0.05, 0) is 6.92 Å². The van der Waals surface area contributed by atoms with Crippen molar-refractivity contribution < 1.29 is 0 Å². The monoisotopic (exact) mass is 280 g/mol. The van der Waals surface area contributed by atoms with Gasteiger partial charge < -0.3 is 10.3 Å². The summed E-state index contributed by atoms with van der Waals surface area (Å²) in [5.41, 5.74) is 5.82. The van der Waals surface area contributed by atoms with Crippen LogP contribution < -0.4 is 11.0 Å². The fourth-order valence-electron chi connectivity index (χ4n) is 2.84. The predicted octanol–water partition coefficient (Wildman–Crippen LogP) is 1.64. The normalized spacial score (nSPS) is 14.3. The van der Waals surface area contributed by atoms with Gasteiger partial charge in [-0.3, -0.25) is 4.40 Å². The molecule has 1 aliphatic rings. The molecular weight excluding hydrogens is 264 g/mol. The summed E-state index contributed by atoms with van der Waals surface area (Å²) >= 11 is 0. The Bertz CT molecular complexity index is 874. The molecule has 2 aromatic heterocycles. The van der Waals surface area contributed by atoms with Crippen LogP contribution >= 0.6 is 0 Å². The van der Waals surface area contributed by atoms with Crippen LogP contribution in [-0.2, 0) is 13.0 Å². The molecule has 0 spiro atoms. The Balaban J connectivity index is 1.95. The number of fused-ring (bicyclic) bond motifs is 3. The van der Waals surface area contributed by atoms with E-state index in [0.29, 0.717) is 0 Å². The van der Waals surface area contributed by atoms with Crippen molar-refractivity contribution in [2.45, 2.75) is 19.9 Å². The van der Waals surface area contributed by atoms with E-state index < -0.39 is 0 Å². The molecule has 3 aromatic rings. The van der Waals surface area contributed by atoms with Gasteiger partial charge in [-0.2, -0.15) is 0 Å². The molecule has 0 amide bonds. The third-order valence-electron chi connectivity index (χ3n) is 4.02. The van der Waals surface area contributed by atoms with Gasteiger partial charge in [0.25, 0.3) is 0 Å². The van der Waals surface area contributed by atoms with Crippen LogP contribution in [0.15, 0.2) is 35.3 Å². The number of benzene rings is 1. The number of hydrogen-bond donors (Lipinski definition) is 2. The third kappa shape index (κ3) is 1.97. The Labute approximate surface area is 121 Å². The molecule has 4 rings (SSSR count). The Hall–Kier alpha value is -2.40. The number of imidazole rings is 1. The van der Waals surface area contributed by atoms with E-state index in [1.807, 2.05) is 18.3 Å². The van der Waals surface area contributed by atoms with Gasteiger partial charge in [0.05, 0.1) is 5.69 Å². The third-order valence-corrected chi connectivity index (χ3v) is 4.02. The van der Waals surface area contributed by atoms with Crippen LogP contribution in [0.1, 0.15) is 16.8 Å². The van der Waals surface area contributed by atoms with Crippen molar-refractivity contribution in [2.75, 3.05) is 6.54 Å². The number of aromatic amines is 1. The minimum atomic E-state index is -0.114. The van der Waals surface area contributed by atoms with Gasteiger partial charge in [-0.1, -0.05) is 29.8 Å². The summed E-state index contributed by atoms with van der Waals surface area (Å²) < 4.78 is 1.61. The number of rotatable bonds is 1. The predicted molar refractivity (Wildman–Crippen MR) is 81.4 cm³/mol. The van der Waals surface area contributed by atoms with Crippen molar-refractivity contribution in [1.29, 1.82) is 0 Å². The van der Waals surface area contributed by atoms with Crippen LogP contribution in [0.2, 0.25) is 0 Å². The Morgan fingerprint density at radius 1 is 1.24 bits per heavy atom. The zero-order valence-electron chi connectivity index (χ0n) is 11.8. The minimum absolute atomic E-state index is 0.114. The highest BCUT2D eigenvalue weighted by atomic mass is 16.1. The summed E-state index contributed by atoms with van der Waals surface area (Å²) in [6, 6.07) is 8.19. The number of aryl methyl sites for hydroxylation is 1. The van der Waals surface area contributed by atoms with E-state index in [1.165, 1.54) is 5.56 Å². The largest absolute Gasteiger partial charge is 0.331 e. The lowest BCUT2D eigenvalue weighted by Crippen LogP contribution is -2.29. The Kier molecular flexibility index (Phi) is 2.68. The van der Waals surface area contributed by atoms with Gasteiger partial charge in [-0.25, -0.2) is 9.78 Å². The lowest BCUT2D eigenvalue weighted by Gasteiger charge is -2.16. The molecule has 106 valence electrons. The molecular formula is C16H16N4O. The van der Waals surface area contributed by atoms with Crippen LogP contribution in [0.4, 0.5) is 0 Å². The smallest absolute Gasteiger partial charge is 0.312 e. The number of nitrogens with one attached hydrogen (secondary N) is 2. The average Bonchev–Trinajstić information content (AvgIpc) is 2.94. The van der Waals surface area contributed by atoms with Crippen LogP contribution in [0, 0.1) is 6.92 Å². The fraction of sp³-hybridized carbons (Fsp3) is 0.250. The summed E-state index contributed by atoms with van der Waals surface area (Å²) in [5, 5.41) is 3.33. The molecule has 0 atom stereocenters. The van der Waals surface area contributed by atoms with E-state index >= 15 is 0 Å². The minimum Gasteiger partial charge on any atom is -0.312 e. The summed E-state index contributed by atoms with van der Waals surface area (Å²) in [6.07, 6.45) is 2.65. The van der Waals surface area contributed by atoms with Crippen LogP contribution in [-0.4, -0.2) is 20.9 Å². The van der Waals surface area contributed by atoms with E-state index in [0.717, 1.165) is 47.7 Å². The summed E-state index contributed by atoms with van der Waals surface area (Å²) in [4.78, 5) is 19.9. The SMILES string of the molecule is Cc1ccc(-c2cn3c(=O)[nH]c4c(c3n2)CNCC4)cc1. The van der Waals surface area contributed by atoms with Crippen molar-refractivity contribution in [1.82, 2.24) is 19.7 Å². The van der Waals surface area contributed by atoms with Crippen LogP contribution in [0.25, 0.3) is 16.9 Å². The zero-order chi connectivity index (χ0) is 14.4. The molecule has 5 nitrogen and oxygen atoms in total. The van der Waals surface area contributed by atoms with Crippen molar-refractivity contribution in [2.24, 2.45) is 0 Å². The second kappa shape index (κ2) is 4.56. The molecule has 3 heterocycles. The molecule has 0 unspecified atom stereocenters. The first kappa shape index (κ1) is 12.3. The average molecular weight is 280 g/mol. The highest BCUT2D eigenvalue weighted by Gasteiger charge is 2.17. The van der Waals surface area contributed by atoms with Gasteiger partial charge in [-0.15, -0.1) is 0 Å². The number of aromatic nitrogens is 3. The van der Waals surface area contributed by atoms with Crippen molar-refractivity contribution >= 4 is 5.65 Å². The lowest BCUT2D eigenvalue weighted by atomic mass is 10.1. The van der Waals surface area contributed by atoms with Crippen molar-refractivity contribution in [3.63, 3.8) is 0 Å². The van der Waals surface area contributed by atoms with E-state index in [2.05, 4.69) is 34.3 Å². The first-order valence-corrected chi connectivity index (χ1v) is 7.13. The Morgan fingerprint density at radius 2 is 2.05 bits per heavy atom. The molecule has 0 radical (unpaired) electrons. The number of H-pyrrole nitrogens is 1. The second-order valence-corrected chi connectivity index (χ2v) is 5.50. The molecule has 21 heavy (non-hydrogen) atoms. The first-order chi connectivity index (χ1) is 10.2. The van der Waals surface area contributed by atoms with E-state index in [4.69, 9.17) is 0 Å². The quantitative estimate of drug-likeness (QED) is 0.712. The Morgan fingerprint density at radius 3 is 2.86 bits per heavy atom. The molecule has 0 saturated heterocycles. The summed E-state index contributed by atoms with van der Waals surface area (Å²) in [5.74, 6) is 0. The van der Waals surface area contributed by atoms with Gasteiger partial charge >= 0.3 is 5.69 Å². The summed E-state index contributed by atoms with van der Waals surface area (Å²) in [6.45, 7) is 3.70. The second-order valence-electron chi connectivity index (χ2n) is 5.50. The molecule has 2 N–H and O–H groups in total. The van der Waals surface area contributed by atoms with E-state index in [1.54, 1.807) is 4.40 Å². The standard InChI is InChI=1S/C16H16N4O/c1-10-2-4-11(5-3-10)14-9-20-15(18-14)12-8-17-7-6-13(12)19-16(20)21/h2-5,9,17H,6-8H2,1H3,(H,19,21).